The maximum absolute atomic E-state index is 12.3. The Balaban J connectivity index is 2.05. The van der Waals surface area contributed by atoms with Crippen LogP contribution in [0.5, 0.6) is 0 Å². The van der Waals surface area contributed by atoms with Gasteiger partial charge >= 0.3 is 0 Å². The molecule has 0 aromatic heterocycles. The molecule has 0 unspecified atom stereocenters. The molecule has 0 spiro atoms. The van der Waals surface area contributed by atoms with Gasteiger partial charge in [-0.15, -0.1) is 0 Å². The minimum absolute atomic E-state index is 0.0721. The van der Waals surface area contributed by atoms with E-state index in [9.17, 15) is 8.42 Å². The first-order chi connectivity index (χ1) is 9.08. The molecule has 0 amide bonds. The van der Waals surface area contributed by atoms with Crippen LogP contribution in [-0.2, 0) is 10.0 Å². The summed E-state index contributed by atoms with van der Waals surface area (Å²) < 4.78 is 27.3. The molecule has 2 rings (SSSR count). The Morgan fingerprint density at radius 2 is 1.47 bits per heavy atom. The maximum atomic E-state index is 12.3. The smallest absolute Gasteiger partial charge is 0.240 e. The van der Waals surface area contributed by atoms with E-state index >= 15 is 0 Å². The van der Waals surface area contributed by atoms with Crippen molar-refractivity contribution in [3.8, 4) is 0 Å². The van der Waals surface area contributed by atoms with Gasteiger partial charge in [0.05, 0.1) is 4.90 Å². The normalized spacial score (nSPS) is 18.7. The third kappa shape index (κ3) is 4.21. The molecule has 1 aliphatic rings. The second-order valence-electron chi connectivity index (χ2n) is 5.23. The van der Waals surface area contributed by atoms with E-state index in [1.54, 1.807) is 24.3 Å². The highest BCUT2D eigenvalue weighted by Crippen LogP contribution is 2.19. The van der Waals surface area contributed by atoms with Crippen molar-refractivity contribution in [2.24, 2.45) is 0 Å². The van der Waals surface area contributed by atoms with Crippen LogP contribution < -0.4 is 10.5 Å². The number of rotatable bonds is 3. The molecule has 1 aliphatic carbocycles. The number of hydrogen-bond acceptors (Lipinski definition) is 3. The Bertz CT molecular complexity index is 489. The Hall–Kier alpha value is -1.07. The monoisotopic (exact) mass is 282 g/mol. The van der Waals surface area contributed by atoms with Crippen LogP contribution in [0.25, 0.3) is 0 Å². The number of anilines is 1. The predicted octanol–water partition coefficient (Wildman–Crippen LogP) is 2.66. The van der Waals surface area contributed by atoms with Gasteiger partial charge in [0, 0.05) is 11.7 Å². The summed E-state index contributed by atoms with van der Waals surface area (Å²) in [6.07, 6.45) is 7.78. The lowest BCUT2D eigenvalue weighted by Gasteiger charge is -2.21. The number of nitrogens with one attached hydrogen (secondary N) is 1. The largest absolute Gasteiger partial charge is 0.399 e. The second kappa shape index (κ2) is 6.39. The van der Waals surface area contributed by atoms with Gasteiger partial charge in [-0.1, -0.05) is 32.1 Å². The standard InChI is InChI=1S/C14H22N2O2S/c15-12-8-10-14(11-9-12)19(17,18)16-13-6-4-2-1-3-5-7-13/h8-11,13,16H,1-7,15H2. The van der Waals surface area contributed by atoms with Crippen LogP contribution in [0.15, 0.2) is 29.2 Å². The highest BCUT2D eigenvalue weighted by Gasteiger charge is 2.20. The molecule has 0 saturated heterocycles. The van der Waals surface area contributed by atoms with E-state index in [0.29, 0.717) is 10.6 Å². The molecule has 0 radical (unpaired) electrons. The van der Waals surface area contributed by atoms with Crippen LogP contribution in [0.2, 0.25) is 0 Å². The van der Waals surface area contributed by atoms with Crippen LogP contribution in [0.4, 0.5) is 5.69 Å². The molecule has 0 bridgehead atoms. The van der Waals surface area contributed by atoms with Crippen LogP contribution in [0.1, 0.15) is 44.9 Å². The number of hydrogen-bond donors (Lipinski definition) is 2. The fourth-order valence-electron chi connectivity index (χ4n) is 2.51. The van der Waals surface area contributed by atoms with E-state index in [1.165, 1.54) is 19.3 Å². The summed E-state index contributed by atoms with van der Waals surface area (Å²) in [6, 6.07) is 6.42. The van der Waals surface area contributed by atoms with Crippen LogP contribution in [-0.4, -0.2) is 14.5 Å². The van der Waals surface area contributed by atoms with Crippen molar-refractivity contribution in [3.63, 3.8) is 0 Å². The first-order valence-electron chi connectivity index (χ1n) is 6.96. The molecule has 106 valence electrons. The predicted molar refractivity (Wildman–Crippen MR) is 77.3 cm³/mol. The van der Waals surface area contributed by atoms with Gasteiger partial charge in [-0.25, -0.2) is 13.1 Å². The lowest BCUT2D eigenvalue weighted by Crippen LogP contribution is -2.35. The molecule has 4 nitrogen and oxygen atoms in total. The van der Waals surface area contributed by atoms with Crippen molar-refractivity contribution in [2.45, 2.75) is 55.9 Å². The molecule has 19 heavy (non-hydrogen) atoms. The summed E-state index contributed by atoms with van der Waals surface area (Å²) in [5, 5.41) is 0. The highest BCUT2D eigenvalue weighted by molar-refractivity contribution is 7.89. The Labute approximate surface area is 115 Å². The molecular weight excluding hydrogens is 260 g/mol. The SMILES string of the molecule is Nc1ccc(S(=O)(=O)NC2CCCCCCC2)cc1. The molecule has 1 aromatic carbocycles. The number of sulfonamides is 1. The Kier molecular flexibility index (Phi) is 4.82. The van der Waals surface area contributed by atoms with Crippen molar-refractivity contribution in [1.82, 2.24) is 4.72 Å². The van der Waals surface area contributed by atoms with Crippen molar-refractivity contribution < 1.29 is 8.42 Å². The first-order valence-corrected chi connectivity index (χ1v) is 8.44. The van der Waals surface area contributed by atoms with Crippen LogP contribution in [0, 0.1) is 0 Å². The third-order valence-corrected chi connectivity index (χ3v) is 5.15. The van der Waals surface area contributed by atoms with Gasteiger partial charge < -0.3 is 5.73 Å². The van der Waals surface area contributed by atoms with E-state index in [1.807, 2.05) is 0 Å². The number of benzene rings is 1. The van der Waals surface area contributed by atoms with Crippen LogP contribution in [0.3, 0.4) is 0 Å². The maximum Gasteiger partial charge on any atom is 0.240 e. The molecule has 3 N–H and O–H groups in total. The summed E-state index contributed by atoms with van der Waals surface area (Å²) in [5.74, 6) is 0. The van der Waals surface area contributed by atoms with Crippen molar-refractivity contribution >= 4 is 15.7 Å². The van der Waals surface area contributed by atoms with E-state index in [0.717, 1.165) is 25.7 Å². The highest BCUT2D eigenvalue weighted by atomic mass is 32.2. The topological polar surface area (TPSA) is 72.2 Å². The minimum atomic E-state index is -3.41. The molecule has 0 heterocycles. The molecule has 5 heteroatoms. The first kappa shape index (κ1) is 14.3. The summed E-state index contributed by atoms with van der Waals surface area (Å²) in [4.78, 5) is 0.295. The number of nitrogen functional groups attached to an aromatic ring is 1. The van der Waals surface area contributed by atoms with Crippen molar-refractivity contribution in [2.75, 3.05) is 5.73 Å². The zero-order valence-corrected chi connectivity index (χ0v) is 12.0. The van der Waals surface area contributed by atoms with Crippen LogP contribution >= 0.6 is 0 Å². The summed E-state index contributed by atoms with van der Waals surface area (Å²) in [5.41, 5.74) is 6.15. The van der Waals surface area contributed by atoms with E-state index in [2.05, 4.69) is 4.72 Å². The zero-order valence-electron chi connectivity index (χ0n) is 11.1. The van der Waals surface area contributed by atoms with Gasteiger partial charge in [-0.2, -0.15) is 0 Å². The summed E-state index contributed by atoms with van der Waals surface area (Å²) >= 11 is 0. The van der Waals surface area contributed by atoms with Gasteiger partial charge in [-0.05, 0) is 37.1 Å². The minimum Gasteiger partial charge on any atom is -0.399 e. The average molecular weight is 282 g/mol. The average Bonchev–Trinajstić information content (AvgIpc) is 2.33. The van der Waals surface area contributed by atoms with Gasteiger partial charge in [0.1, 0.15) is 0 Å². The van der Waals surface area contributed by atoms with Gasteiger partial charge in [0.2, 0.25) is 10.0 Å². The third-order valence-electron chi connectivity index (χ3n) is 3.62. The molecule has 1 fully saturated rings. The quantitative estimate of drug-likeness (QED) is 0.837. The second-order valence-corrected chi connectivity index (χ2v) is 6.95. The van der Waals surface area contributed by atoms with E-state index in [4.69, 9.17) is 5.73 Å². The lowest BCUT2D eigenvalue weighted by atomic mass is 9.97. The fourth-order valence-corrected chi connectivity index (χ4v) is 3.81. The zero-order chi connectivity index (χ0) is 13.7. The molecule has 1 saturated carbocycles. The molecule has 0 aliphatic heterocycles. The Morgan fingerprint density at radius 3 is 2.05 bits per heavy atom. The van der Waals surface area contributed by atoms with E-state index in [-0.39, 0.29) is 6.04 Å². The van der Waals surface area contributed by atoms with E-state index < -0.39 is 10.0 Å². The summed E-state index contributed by atoms with van der Waals surface area (Å²) in [6.45, 7) is 0. The van der Waals surface area contributed by atoms with Gasteiger partial charge in [-0.3, -0.25) is 0 Å². The lowest BCUT2D eigenvalue weighted by molar-refractivity contribution is 0.426. The number of nitrogens with two attached hydrogens (primary N) is 1. The summed E-state index contributed by atoms with van der Waals surface area (Å²) in [7, 11) is -3.41. The Morgan fingerprint density at radius 1 is 0.947 bits per heavy atom. The van der Waals surface area contributed by atoms with Gasteiger partial charge in [0.25, 0.3) is 0 Å². The molecule has 0 atom stereocenters. The molecular formula is C14H22N2O2S. The van der Waals surface area contributed by atoms with Gasteiger partial charge in [0.15, 0.2) is 0 Å². The fraction of sp³-hybridized carbons (Fsp3) is 0.571. The molecule has 1 aromatic rings. The van der Waals surface area contributed by atoms with Crippen molar-refractivity contribution in [1.29, 1.82) is 0 Å². The van der Waals surface area contributed by atoms with Crippen molar-refractivity contribution in [3.05, 3.63) is 24.3 Å².